The van der Waals surface area contributed by atoms with Crippen molar-refractivity contribution in [2.75, 3.05) is 0 Å². The fraction of sp³-hybridized carbons (Fsp3) is 0.188. The zero-order chi connectivity index (χ0) is 15.5. The zero-order valence-electron chi connectivity index (χ0n) is 12.1. The summed E-state index contributed by atoms with van der Waals surface area (Å²) in [5.41, 5.74) is 1.83. The molecular weight excluding hydrogens is 316 g/mol. The summed E-state index contributed by atoms with van der Waals surface area (Å²) in [6.45, 7) is 3.85. The summed E-state index contributed by atoms with van der Waals surface area (Å²) < 4.78 is 5.60. The predicted molar refractivity (Wildman–Crippen MR) is 88.4 cm³/mol. The Balaban J connectivity index is 1.70. The zero-order valence-corrected chi connectivity index (χ0v) is 13.8. The number of benzene rings is 1. The van der Waals surface area contributed by atoms with Crippen molar-refractivity contribution < 1.29 is 9.21 Å². The Morgan fingerprint density at radius 3 is 2.68 bits per heavy atom. The number of carbonyl (C=O) groups excluding carboxylic acids is 1. The molecular formula is C16H14N2O2S2. The Hall–Kier alpha value is -1.92. The lowest BCUT2D eigenvalue weighted by Crippen LogP contribution is -2.13. The maximum atomic E-state index is 12.4. The van der Waals surface area contributed by atoms with Crippen LogP contribution in [0.2, 0.25) is 0 Å². The van der Waals surface area contributed by atoms with Crippen LogP contribution in [0.5, 0.6) is 0 Å². The summed E-state index contributed by atoms with van der Waals surface area (Å²) in [4.78, 5) is 13.3. The first kappa shape index (κ1) is 15.0. The van der Waals surface area contributed by atoms with Gasteiger partial charge in [0.25, 0.3) is 11.1 Å². The molecule has 0 radical (unpaired) electrons. The van der Waals surface area contributed by atoms with Crippen molar-refractivity contribution in [1.82, 2.24) is 10.2 Å². The number of aryl methyl sites for hydroxylation is 1. The Bertz CT molecular complexity index is 764. The fourth-order valence-corrected chi connectivity index (χ4v) is 3.32. The van der Waals surface area contributed by atoms with Gasteiger partial charge in [0.15, 0.2) is 5.78 Å². The van der Waals surface area contributed by atoms with Gasteiger partial charge in [0.1, 0.15) is 0 Å². The Kier molecular flexibility index (Phi) is 4.40. The lowest BCUT2D eigenvalue weighted by atomic mass is 10.1. The third-order valence-corrected chi connectivity index (χ3v) is 4.91. The van der Waals surface area contributed by atoms with Crippen LogP contribution in [0, 0.1) is 6.92 Å². The lowest BCUT2D eigenvalue weighted by molar-refractivity contribution is 0.0993. The molecule has 0 saturated carbocycles. The second kappa shape index (κ2) is 6.46. The minimum atomic E-state index is -0.278. The van der Waals surface area contributed by atoms with Crippen molar-refractivity contribution in [1.29, 1.82) is 0 Å². The molecule has 0 saturated heterocycles. The number of nitrogens with zero attached hydrogens (tertiary/aromatic N) is 2. The molecule has 0 aliphatic carbocycles. The molecule has 2 heterocycles. The Morgan fingerprint density at radius 2 is 2.00 bits per heavy atom. The molecule has 1 unspecified atom stereocenters. The van der Waals surface area contributed by atoms with Crippen molar-refractivity contribution in [2.24, 2.45) is 0 Å². The second-order valence-electron chi connectivity index (χ2n) is 4.84. The van der Waals surface area contributed by atoms with E-state index in [2.05, 4.69) is 10.2 Å². The van der Waals surface area contributed by atoms with Gasteiger partial charge in [0.05, 0.1) is 10.1 Å². The minimum Gasteiger partial charge on any atom is -0.410 e. The van der Waals surface area contributed by atoms with Crippen LogP contribution >= 0.6 is 23.1 Å². The summed E-state index contributed by atoms with van der Waals surface area (Å²) >= 11 is 2.82. The number of thioether (sulfide) groups is 1. The molecule has 3 aromatic rings. The molecule has 2 aromatic heterocycles. The van der Waals surface area contributed by atoms with E-state index in [1.54, 1.807) is 11.3 Å². The van der Waals surface area contributed by atoms with Crippen LogP contribution in [-0.4, -0.2) is 21.2 Å². The second-order valence-corrected chi connectivity index (χ2v) is 7.08. The number of thiophene rings is 1. The molecule has 0 spiro atoms. The molecule has 0 bridgehead atoms. The van der Waals surface area contributed by atoms with Crippen LogP contribution in [0.1, 0.15) is 22.8 Å². The monoisotopic (exact) mass is 330 g/mol. The molecule has 0 amide bonds. The molecule has 22 heavy (non-hydrogen) atoms. The van der Waals surface area contributed by atoms with E-state index in [9.17, 15) is 4.79 Å². The van der Waals surface area contributed by atoms with E-state index in [1.807, 2.05) is 55.6 Å². The number of hydrogen-bond donors (Lipinski definition) is 0. The van der Waals surface area contributed by atoms with Gasteiger partial charge in [0.2, 0.25) is 0 Å². The summed E-state index contributed by atoms with van der Waals surface area (Å²) in [7, 11) is 0. The van der Waals surface area contributed by atoms with E-state index in [4.69, 9.17) is 4.42 Å². The summed E-state index contributed by atoms with van der Waals surface area (Å²) in [5, 5.41) is 10.1. The van der Waals surface area contributed by atoms with Gasteiger partial charge in [-0.05, 0) is 25.3 Å². The van der Waals surface area contributed by atoms with Crippen LogP contribution in [0.3, 0.4) is 0 Å². The number of Topliss-reactive ketones (excluding diaryl/α,β-unsaturated/α-hetero) is 1. The third kappa shape index (κ3) is 3.28. The van der Waals surface area contributed by atoms with Crippen molar-refractivity contribution in [2.45, 2.75) is 24.3 Å². The topological polar surface area (TPSA) is 56.0 Å². The van der Waals surface area contributed by atoms with Crippen molar-refractivity contribution in [3.8, 4) is 10.8 Å². The third-order valence-electron chi connectivity index (χ3n) is 3.12. The average Bonchev–Trinajstić information content (AvgIpc) is 3.18. The highest BCUT2D eigenvalue weighted by Gasteiger charge is 2.20. The summed E-state index contributed by atoms with van der Waals surface area (Å²) in [6.07, 6.45) is 0. The van der Waals surface area contributed by atoms with Crippen LogP contribution in [0.4, 0.5) is 0 Å². The predicted octanol–water partition coefficient (Wildman–Crippen LogP) is 4.47. The van der Waals surface area contributed by atoms with E-state index in [1.165, 1.54) is 11.8 Å². The molecule has 0 aliphatic rings. The molecule has 1 aromatic carbocycles. The SMILES string of the molecule is Cc1ccc(C(=O)C(C)Sc2nnc(-c3cccs3)o2)cc1. The van der Waals surface area contributed by atoms with Gasteiger partial charge >= 0.3 is 0 Å². The maximum absolute atomic E-state index is 12.4. The van der Waals surface area contributed by atoms with Crippen molar-refractivity contribution in [3.63, 3.8) is 0 Å². The molecule has 0 N–H and O–H groups in total. The molecule has 112 valence electrons. The normalized spacial score (nSPS) is 12.3. The number of hydrogen-bond acceptors (Lipinski definition) is 6. The van der Waals surface area contributed by atoms with Crippen molar-refractivity contribution >= 4 is 28.9 Å². The molecule has 3 rings (SSSR count). The van der Waals surface area contributed by atoms with Gasteiger partial charge in [-0.2, -0.15) is 0 Å². The highest BCUT2D eigenvalue weighted by molar-refractivity contribution is 8.00. The summed E-state index contributed by atoms with van der Waals surface area (Å²) in [5.74, 6) is 0.549. The van der Waals surface area contributed by atoms with Gasteiger partial charge in [-0.15, -0.1) is 21.5 Å². The van der Waals surface area contributed by atoms with Crippen LogP contribution < -0.4 is 0 Å². The van der Waals surface area contributed by atoms with E-state index >= 15 is 0 Å². The number of aromatic nitrogens is 2. The van der Waals surface area contributed by atoms with Crippen LogP contribution in [0.15, 0.2) is 51.4 Å². The summed E-state index contributed by atoms with van der Waals surface area (Å²) in [6, 6.07) is 11.4. The molecule has 0 aliphatic heterocycles. The first-order valence-corrected chi connectivity index (χ1v) is 8.54. The molecule has 0 fully saturated rings. The first-order chi connectivity index (χ1) is 10.6. The van der Waals surface area contributed by atoms with Gasteiger partial charge < -0.3 is 4.42 Å². The van der Waals surface area contributed by atoms with Crippen molar-refractivity contribution in [3.05, 3.63) is 52.9 Å². The average molecular weight is 330 g/mol. The standard InChI is InChI=1S/C16H14N2O2S2/c1-10-5-7-12(8-6-10)14(19)11(2)22-16-18-17-15(20-16)13-4-3-9-21-13/h3-9,11H,1-2H3. The highest BCUT2D eigenvalue weighted by atomic mass is 32.2. The number of ketones is 1. The van der Waals surface area contributed by atoms with Crippen LogP contribution in [0.25, 0.3) is 10.8 Å². The van der Waals surface area contributed by atoms with Crippen LogP contribution in [-0.2, 0) is 0 Å². The van der Waals surface area contributed by atoms with Gasteiger partial charge in [-0.3, -0.25) is 4.79 Å². The molecule has 1 atom stereocenters. The quantitative estimate of drug-likeness (QED) is 0.510. The number of rotatable bonds is 5. The number of carbonyl (C=O) groups is 1. The molecule has 6 heteroatoms. The van der Waals surface area contributed by atoms with E-state index in [0.29, 0.717) is 16.7 Å². The van der Waals surface area contributed by atoms with E-state index in [0.717, 1.165) is 10.4 Å². The Morgan fingerprint density at radius 1 is 1.23 bits per heavy atom. The van der Waals surface area contributed by atoms with E-state index in [-0.39, 0.29) is 11.0 Å². The van der Waals surface area contributed by atoms with Gasteiger partial charge in [0, 0.05) is 5.56 Å². The Labute approximate surface area is 136 Å². The van der Waals surface area contributed by atoms with E-state index < -0.39 is 0 Å². The lowest BCUT2D eigenvalue weighted by Gasteiger charge is -2.07. The molecule has 4 nitrogen and oxygen atoms in total. The largest absolute Gasteiger partial charge is 0.410 e. The fourth-order valence-electron chi connectivity index (χ4n) is 1.91. The smallest absolute Gasteiger partial charge is 0.277 e. The maximum Gasteiger partial charge on any atom is 0.277 e. The first-order valence-electron chi connectivity index (χ1n) is 6.78. The highest BCUT2D eigenvalue weighted by Crippen LogP contribution is 2.29. The van der Waals surface area contributed by atoms with Gasteiger partial charge in [-0.1, -0.05) is 47.7 Å². The van der Waals surface area contributed by atoms with Gasteiger partial charge in [-0.25, -0.2) is 0 Å². The minimum absolute atomic E-state index is 0.0564.